The molecule has 0 aromatic heterocycles. The Hall–Kier alpha value is -4.52. The molecule has 0 fully saturated rings. The van der Waals surface area contributed by atoms with Crippen molar-refractivity contribution in [3.05, 3.63) is 100 Å². The number of amides is 2. The van der Waals surface area contributed by atoms with Crippen molar-refractivity contribution in [1.29, 1.82) is 0 Å². The molecule has 4 aromatic rings. The summed E-state index contributed by atoms with van der Waals surface area (Å²) in [5.41, 5.74) is 9.09. The van der Waals surface area contributed by atoms with Gasteiger partial charge < -0.3 is 5.73 Å². The van der Waals surface area contributed by atoms with Gasteiger partial charge in [0.2, 0.25) is 0 Å². The summed E-state index contributed by atoms with van der Waals surface area (Å²) in [7, 11) is 0. The number of carbonyl (C=O) groups is 2. The molecule has 2 N–H and O–H groups in total. The van der Waals surface area contributed by atoms with Gasteiger partial charge in [-0.1, -0.05) is 30.3 Å². The van der Waals surface area contributed by atoms with Crippen LogP contribution < -0.4 is 10.6 Å². The van der Waals surface area contributed by atoms with Gasteiger partial charge in [0.1, 0.15) is 0 Å². The van der Waals surface area contributed by atoms with Gasteiger partial charge >= 0.3 is 0 Å². The summed E-state index contributed by atoms with van der Waals surface area (Å²) in [4.78, 5) is 38.4. The van der Waals surface area contributed by atoms with E-state index in [1.807, 2.05) is 24.3 Å². The van der Waals surface area contributed by atoms with E-state index in [1.165, 1.54) is 12.1 Å². The van der Waals surface area contributed by atoms with E-state index < -0.39 is 16.7 Å². The van der Waals surface area contributed by atoms with Crippen LogP contribution in [-0.2, 0) is 0 Å². The maximum atomic E-state index is 13.2. The average molecular weight is 409 g/mol. The highest BCUT2D eigenvalue weighted by Crippen LogP contribution is 2.37. The van der Waals surface area contributed by atoms with Crippen LogP contribution in [0.3, 0.4) is 0 Å². The van der Waals surface area contributed by atoms with Crippen molar-refractivity contribution >= 4 is 39.6 Å². The van der Waals surface area contributed by atoms with Gasteiger partial charge in [-0.2, -0.15) is 0 Å². The number of hydrogen-bond acceptors (Lipinski definition) is 5. The summed E-state index contributed by atoms with van der Waals surface area (Å²) in [6, 6.07) is 21.9. The number of nitrogen functional groups attached to an aromatic ring is 1. The Balaban J connectivity index is 1.59. The van der Waals surface area contributed by atoms with Crippen molar-refractivity contribution in [1.82, 2.24) is 0 Å². The summed E-state index contributed by atoms with van der Waals surface area (Å²) in [5.74, 6) is -1.02. The Morgan fingerprint density at radius 2 is 1.32 bits per heavy atom. The highest BCUT2D eigenvalue weighted by Gasteiger charge is 2.35. The molecule has 0 bridgehead atoms. The van der Waals surface area contributed by atoms with Gasteiger partial charge in [0, 0.05) is 28.3 Å². The van der Waals surface area contributed by atoms with Crippen LogP contribution in [0.25, 0.3) is 21.9 Å². The van der Waals surface area contributed by atoms with Gasteiger partial charge in [-0.3, -0.25) is 19.7 Å². The molecule has 150 valence electrons. The van der Waals surface area contributed by atoms with Gasteiger partial charge in [0.15, 0.2) is 0 Å². The first-order valence-corrected chi connectivity index (χ1v) is 9.50. The van der Waals surface area contributed by atoms with Crippen molar-refractivity contribution in [2.45, 2.75) is 0 Å². The zero-order valence-electron chi connectivity index (χ0n) is 16.1. The fourth-order valence-electron chi connectivity index (χ4n) is 3.95. The molecule has 0 saturated heterocycles. The predicted molar refractivity (Wildman–Crippen MR) is 118 cm³/mol. The second kappa shape index (κ2) is 6.77. The molecule has 7 heteroatoms. The molecule has 1 aliphatic heterocycles. The molecule has 0 radical (unpaired) electrons. The van der Waals surface area contributed by atoms with Crippen LogP contribution >= 0.6 is 0 Å². The second-order valence-electron chi connectivity index (χ2n) is 7.23. The van der Waals surface area contributed by atoms with E-state index in [-0.39, 0.29) is 22.2 Å². The Kier molecular flexibility index (Phi) is 4.04. The molecule has 7 nitrogen and oxygen atoms in total. The highest BCUT2D eigenvalue weighted by atomic mass is 16.6. The molecule has 1 aliphatic rings. The van der Waals surface area contributed by atoms with E-state index in [1.54, 1.807) is 42.5 Å². The largest absolute Gasteiger partial charge is 0.399 e. The fraction of sp³-hybridized carbons (Fsp3) is 0. The van der Waals surface area contributed by atoms with Crippen molar-refractivity contribution in [2.75, 3.05) is 10.6 Å². The molecular formula is C24H15N3O4. The van der Waals surface area contributed by atoms with E-state index in [0.717, 1.165) is 16.0 Å². The van der Waals surface area contributed by atoms with Crippen LogP contribution in [0.1, 0.15) is 20.7 Å². The molecule has 1 heterocycles. The Labute approximate surface area is 176 Å². The van der Waals surface area contributed by atoms with E-state index in [2.05, 4.69) is 0 Å². The topological polar surface area (TPSA) is 107 Å². The van der Waals surface area contributed by atoms with Crippen LogP contribution in [0.15, 0.2) is 78.9 Å². The third-order valence-corrected chi connectivity index (χ3v) is 5.45. The van der Waals surface area contributed by atoms with Crippen molar-refractivity contribution in [3.8, 4) is 11.1 Å². The van der Waals surface area contributed by atoms with Gasteiger partial charge in [0.25, 0.3) is 17.5 Å². The maximum Gasteiger partial charge on any atom is 0.277 e. The molecule has 0 saturated carbocycles. The van der Waals surface area contributed by atoms with Crippen molar-refractivity contribution in [2.24, 2.45) is 0 Å². The van der Waals surface area contributed by atoms with Crippen LogP contribution in [0.2, 0.25) is 0 Å². The Morgan fingerprint density at radius 3 is 1.94 bits per heavy atom. The zero-order valence-corrected chi connectivity index (χ0v) is 16.1. The standard InChI is InChI=1S/C24H15N3O4/c25-16-8-4-14(5-9-16)15-6-10-17(11-7-15)26-23(28)19-3-1-2-18-21(27(30)31)13-12-20(22(18)19)24(26)29/h1-13H,25H2. The van der Waals surface area contributed by atoms with Gasteiger partial charge in [-0.25, -0.2) is 4.90 Å². The average Bonchev–Trinajstić information content (AvgIpc) is 2.78. The number of benzene rings is 4. The minimum absolute atomic E-state index is 0.137. The molecule has 0 aliphatic carbocycles. The monoisotopic (exact) mass is 409 g/mol. The van der Waals surface area contributed by atoms with Gasteiger partial charge in [-0.05, 0) is 53.6 Å². The first-order chi connectivity index (χ1) is 15.0. The maximum absolute atomic E-state index is 13.2. The molecule has 0 spiro atoms. The van der Waals surface area contributed by atoms with Gasteiger partial charge in [-0.15, -0.1) is 0 Å². The lowest BCUT2D eigenvalue weighted by atomic mass is 9.92. The summed E-state index contributed by atoms with van der Waals surface area (Å²) >= 11 is 0. The summed E-state index contributed by atoms with van der Waals surface area (Å²) in [6.07, 6.45) is 0. The SMILES string of the molecule is Nc1ccc(-c2ccc(N3C(=O)c4cccc5c([N+](=O)[O-])ccc(c45)C3=O)cc2)cc1. The number of nitro groups is 1. The lowest BCUT2D eigenvalue weighted by molar-refractivity contribution is -0.383. The number of carbonyl (C=O) groups excluding carboxylic acids is 2. The van der Waals surface area contributed by atoms with Crippen LogP contribution in [0.5, 0.6) is 0 Å². The summed E-state index contributed by atoms with van der Waals surface area (Å²) in [6.45, 7) is 0. The van der Waals surface area contributed by atoms with Crippen LogP contribution in [0.4, 0.5) is 17.1 Å². The van der Waals surface area contributed by atoms with E-state index in [9.17, 15) is 19.7 Å². The lowest BCUT2D eigenvalue weighted by Crippen LogP contribution is -2.40. The van der Waals surface area contributed by atoms with Crippen molar-refractivity contribution < 1.29 is 14.5 Å². The summed E-state index contributed by atoms with van der Waals surface area (Å²) in [5, 5.41) is 12.0. The zero-order chi connectivity index (χ0) is 21.7. The number of anilines is 2. The number of rotatable bonds is 3. The molecular weight excluding hydrogens is 394 g/mol. The lowest BCUT2D eigenvalue weighted by Gasteiger charge is -2.27. The molecule has 31 heavy (non-hydrogen) atoms. The number of non-ortho nitro benzene ring substituents is 1. The number of hydrogen-bond donors (Lipinski definition) is 1. The molecule has 5 rings (SSSR count). The normalized spacial score (nSPS) is 13.0. The quantitative estimate of drug-likeness (QED) is 0.226. The Morgan fingerprint density at radius 1 is 0.742 bits per heavy atom. The third kappa shape index (κ3) is 2.83. The fourth-order valence-corrected chi connectivity index (χ4v) is 3.95. The number of nitro benzene ring substituents is 1. The van der Waals surface area contributed by atoms with Crippen LogP contribution in [0, 0.1) is 10.1 Å². The van der Waals surface area contributed by atoms with Crippen LogP contribution in [-0.4, -0.2) is 16.7 Å². The molecule has 2 amide bonds. The third-order valence-electron chi connectivity index (χ3n) is 5.45. The number of imide groups is 1. The second-order valence-corrected chi connectivity index (χ2v) is 7.23. The minimum atomic E-state index is -0.514. The number of nitrogens with zero attached hydrogens (tertiary/aromatic N) is 2. The smallest absolute Gasteiger partial charge is 0.277 e. The number of nitrogens with two attached hydrogens (primary N) is 1. The van der Waals surface area contributed by atoms with E-state index in [4.69, 9.17) is 5.73 Å². The van der Waals surface area contributed by atoms with Gasteiger partial charge in [0.05, 0.1) is 16.0 Å². The predicted octanol–water partition coefficient (Wildman–Crippen LogP) is 4.80. The Bertz CT molecular complexity index is 1370. The van der Waals surface area contributed by atoms with Crippen molar-refractivity contribution in [3.63, 3.8) is 0 Å². The first kappa shape index (κ1) is 18.5. The van der Waals surface area contributed by atoms with E-state index >= 15 is 0 Å². The highest BCUT2D eigenvalue weighted by molar-refractivity contribution is 6.36. The summed E-state index contributed by atoms with van der Waals surface area (Å²) < 4.78 is 0. The molecule has 0 atom stereocenters. The molecule has 0 unspecified atom stereocenters. The van der Waals surface area contributed by atoms with E-state index in [0.29, 0.717) is 16.8 Å². The minimum Gasteiger partial charge on any atom is -0.399 e. The molecule has 4 aromatic carbocycles. The first-order valence-electron chi connectivity index (χ1n) is 9.50.